The van der Waals surface area contributed by atoms with Gasteiger partial charge in [0.15, 0.2) is 0 Å². The first-order valence-corrected chi connectivity index (χ1v) is 6.95. The Balaban J connectivity index is 2.55. The summed E-state index contributed by atoms with van der Waals surface area (Å²) in [6.45, 7) is 4.04. The van der Waals surface area contributed by atoms with E-state index in [1.165, 1.54) is 0 Å². The van der Waals surface area contributed by atoms with Gasteiger partial charge in [-0.05, 0) is 30.4 Å². The van der Waals surface area contributed by atoms with Crippen LogP contribution >= 0.6 is 11.8 Å². The van der Waals surface area contributed by atoms with Gasteiger partial charge in [0.05, 0.1) is 0 Å². The molecular weight excluding hydrogens is 232 g/mol. The Morgan fingerprint density at radius 1 is 1.47 bits per heavy atom. The van der Waals surface area contributed by atoms with Gasteiger partial charge >= 0.3 is 0 Å². The quantitative estimate of drug-likeness (QED) is 0.792. The van der Waals surface area contributed by atoms with Crippen LogP contribution in [0.1, 0.15) is 20.3 Å². The van der Waals surface area contributed by atoms with Crippen molar-refractivity contribution in [3.05, 3.63) is 24.3 Å². The number of anilines is 1. The fourth-order valence-electron chi connectivity index (χ4n) is 1.36. The predicted molar refractivity (Wildman–Crippen MR) is 74.3 cm³/mol. The van der Waals surface area contributed by atoms with Crippen molar-refractivity contribution in [2.75, 3.05) is 11.6 Å². The molecule has 1 unspecified atom stereocenters. The second kappa shape index (κ2) is 6.67. The van der Waals surface area contributed by atoms with E-state index < -0.39 is 0 Å². The van der Waals surface area contributed by atoms with Gasteiger partial charge in [0.25, 0.3) is 0 Å². The molecule has 0 aliphatic heterocycles. The summed E-state index contributed by atoms with van der Waals surface area (Å²) in [6.07, 6.45) is 2.37. The third-order valence-corrected chi connectivity index (χ3v) is 3.36. The van der Waals surface area contributed by atoms with Gasteiger partial charge in [0.1, 0.15) is 0 Å². The van der Waals surface area contributed by atoms with E-state index in [4.69, 9.17) is 5.73 Å². The molecule has 0 spiro atoms. The largest absolute Gasteiger partial charge is 0.327 e. The van der Waals surface area contributed by atoms with Crippen molar-refractivity contribution < 1.29 is 4.79 Å². The fraction of sp³-hybridized carbons (Fsp3) is 0.462. The summed E-state index contributed by atoms with van der Waals surface area (Å²) in [5.74, 6) is 0.294. The number of thioether (sulfide) groups is 1. The van der Waals surface area contributed by atoms with Crippen LogP contribution in [0.15, 0.2) is 29.2 Å². The highest BCUT2D eigenvalue weighted by molar-refractivity contribution is 7.98. The molecule has 0 radical (unpaired) electrons. The zero-order valence-corrected chi connectivity index (χ0v) is 11.4. The lowest BCUT2D eigenvalue weighted by atomic mass is 10.0. The Morgan fingerprint density at radius 2 is 2.18 bits per heavy atom. The Hall–Kier alpha value is -1.00. The summed E-state index contributed by atoms with van der Waals surface area (Å²) in [5, 5.41) is 2.87. The Labute approximate surface area is 107 Å². The van der Waals surface area contributed by atoms with Gasteiger partial charge in [0, 0.05) is 23.0 Å². The summed E-state index contributed by atoms with van der Waals surface area (Å²) < 4.78 is 0. The Bertz CT molecular complexity index is 379. The van der Waals surface area contributed by atoms with E-state index in [0.29, 0.717) is 12.3 Å². The van der Waals surface area contributed by atoms with Crippen LogP contribution in [-0.2, 0) is 4.79 Å². The topological polar surface area (TPSA) is 55.1 Å². The monoisotopic (exact) mass is 252 g/mol. The number of hydrogen-bond acceptors (Lipinski definition) is 3. The normalized spacial score (nSPS) is 12.5. The third-order valence-electron chi connectivity index (χ3n) is 2.63. The second-order valence-corrected chi connectivity index (χ2v) is 5.27. The average molecular weight is 252 g/mol. The number of benzene rings is 1. The van der Waals surface area contributed by atoms with Crippen molar-refractivity contribution in [3.63, 3.8) is 0 Å². The summed E-state index contributed by atoms with van der Waals surface area (Å²) in [5.41, 5.74) is 6.69. The van der Waals surface area contributed by atoms with Crippen LogP contribution in [0.25, 0.3) is 0 Å². The van der Waals surface area contributed by atoms with Crippen LogP contribution in [0.2, 0.25) is 0 Å². The number of nitrogens with one attached hydrogen (secondary N) is 1. The zero-order chi connectivity index (χ0) is 12.8. The summed E-state index contributed by atoms with van der Waals surface area (Å²) in [6, 6.07) is 7.71. The molecule has 94 valence electrons. The lowest BCUT2D eigenvalue weighted by Crippen LogP contribution is -2.31. The standard InChI is InChI=1S/C13H20N2OS/c1-9(2)12(14)8-13(16)15-10-5-4-6-11(7-10)17-3/h4-7,9,12H,8,14H2,1-3H3,(H,15,16). The van der Waals surface area contributed by atoms with E-state index in [0.717, 1.165) is 10.6 Å². The summed E-state index contributed by atoms with van der Waals surface area (Å²) in [7, 11) is 0. The van der Waals surface area contributed by atoms with Crippen molar-refractivity contribution >= 4 is 23.4 Å². The number of hydrogen-bond donors (Lipinski definition) is 2. The molecule has 1 atom stereocenters. The Morgan fingerprint density at radius 3 is 2.76 bits per heavy atom. The molecule has 3 nitrogen and oxygen atoms in total. The molecule has 4 heteroatoms. The molecule has 0 bridgehead atoms. The molecule has 17 heavy (non-hydrogen) atoms. The maximum absolute atomic E-state index is 11.7. The number of rotatable bonds is 5. The molecule has 0 aliphatic rings. The van der Waals surface area contributed by atoms with Crippen LogP contribution < -0.4 is 11.1 Å². The van der Waals surface area contributed by atoms with Gasteiger partial charge in [-0.3, -0.25) is 4.79 Å². The molecular formula is C13H20N2OS. The minimum atomic E-state index is -0.0845. The SMILES string of the molecule is CSc1cccc(NC(=O)CC(N)C(C)C)c1. The Kier molecular flexibility index (Phi) is 5.51. The van der Waals surface area contributed by atoms with Crippen molar-refractivity contribution in [1.82, 2.24) is 0 Å². The van der Waals surface area contributed by atoms with E-state index >= 15 is 0 Å². The molecule has 1 aromatic carbocycles. The highest BCUT2D eigenvalue weighted by Gasteiger charge is 2.12. The van der Waals surface area contributed by atoms with Crippen molar-refractivity contribution in [3.8, 4) is 0 Å². The lowest BCUT2D eigenvalue weighted by Gasteiger charge is -2.15. The van der Waals surface area contributed by atoms with E-state index in [-0.39, 0.29) is 11.9 Å². The van der Waals surface area contributed by atoms with Crippen LogP contribution in [0.5, 0.6) is 0 Å². The zero-order valence-electron chi connectivity index (χ0n) is 10.6. The molecule has 3 N–H and O–H groups in total. The maximum atomic E-state index is 11.7. The lowest BCUT2D eigenvalue weighted by molar-refractivity contribution is -0.116. The molecule has 0 aliphatic carbocycles. The first-order valence-electron chi connectivity index (χ1n) is 5.72. The van der Waals surface area contributed by atoms with E-state index in [1.54, 1.807) is 11.8 Å². The van der Waals surface area contributed by atoms with Crippen LogP contribution in [-0.4, -0.2) is 18.2 Å². The highest BCUT2D eigenvalue weighted by Crippen LogP contribution is 2.19. The van der Waals surface area contributed by atoms with Gasteiger partial charge in [-0.1, -0.05) is 19.9 Å². The van der Waals surface area contributed by atoms with E-state index in [9.17, 15) is 4.79 Å². The second-order valence-electron chi connectivity index (χ2n) is 4.39. The van der Waals surface area contributed by atoms with Gasteiger partial charge in [-0.25, -0.2) is 0 Å². The fourth-order valence-corrected chi connectivity index (χ4v) is 1.82. The van der Waals surface area contributed by atoms with Crippen LogP contribution in [0.4, 0.5) is 5.69 Å². The third kappa shape index (κ3) is 4.79. The molecule has 0 heterocycles. The van der Waals surface area contributed by atoms with Crippen molar-refractivity contribution in [1.29, 1.82) is 0 Å². The van der Waals surface area contributed by atoms with Crippen LogP contribution in [0.3, 0.4) is 0 Å². The molecule has 0 aromatic heterocycles. The van der Waals surface area contributed by atoms with Gasteiger partial charge < -0.3 is 11.1 Å². The average Bonchev–Trinajstić information content (AvgIpc) is 2.28. The molecule has 1 amide bonds. The summed E-state index contributed by atoms with van der Waals surface area (Å²) >= 11 is 1.65. The number of amides is 1. The molecule has 1 aromatic rings. The minimum Gasteiger partial charge on any atom is -0.327 e. The van der Waals surface area contributed by atoms with E-state index in [1.807, 2.05) is 44.4 Å². The molecule has 0 saturated carbocycles. The minimum absolute atomic E-state index is 0.0237. The van der Waals surface area contributed by atoms with Gasteiger partial charge in [-0.2, -0.15) is 0 Å². The van der Waals surface area contributed by atoms with Crippen molar-refractivity contribution in [2.45, 2.75) is 31.2 Å². The van der Waals surface area contributed by atoms with E-state index in [2.05, 4.69) is 5.32 Å². The highest BCUT2D eigenvalue weighted by atomic mass is 32.2. The molecule has 0 saturated heterocycles. The number of carbonyl (C=O) groups excluding carboxylic acids is 1. The maximum Gasteiger partial charge on any atom is 0.225 e. The number of nitrogens with two attached hydrogens (primary N) is 1. The predicted octanol–water partition coefficient (Wildman–Crippen LogP) is 2.72. The van der Waals surface area contributed by atoms with Crippen molar-refractivity contribution in [2.24, 2.45) is 11.7 Å². The van der Waals surface area contributed by atoms with Gasteiger partial charge in [-0.15, -0.1) is 11.8 Å². The number of carbonyl (C=O) groups is 1. The smallest absolute Gasteiger partial charge is 0.225 e. The first kappa shape index (κ1) is 14.1. The van der Waals surface area contributed by atoms with Gasteiger partial charge in [0.2, 0.25) is 5.91 Å². The summed E-state index contributed by atoms with van der Waals surface area (Å²) in [4.78, 5) is 12.9. The molecule has 1 rings (SSSR count). The molecule has 0 fully saturated rings. The van der Waals surface area contributed by atoms with Crippen LogP contribution in [0, 0.1) is 5.92 Å². The first-order chi connectivity index (χ1) is 8.02.